The van der Waals surface area contributed by atoms with Crippen molar-refractivity contribution in [1.29, 1.82) is 0 Å². The Kier molecular flexibility index (Phi) is 4.86. The van der Waals surface area contributed by atoms with Crippen molar-refractivity contribution in [2.75, 3.05) is 37.7 Å². The van der Waals surface area contributed by atoms with E-state index in [0.717, 1.165) is 23.6 Å². The Morgan fingerprint density at radius 3 is 2.88 bits per heavy atom. The van der Waals surface area contributed by atoms with Gasteiger partial charge < -0.3 is 14.7 Å². The van der Waals surface area contributed by atoms with E-state index in [1.165, 1.54) is 0 Å². The molecule has 136 valence electrons. The molecule has 2 aliphatic rings. The molecular weight excluding hydrogens is 330 g/mol. The maximum absolute atomic E-state index is 12.8. The fourth-order valence-corrected chi connectivity index (χ4v) is 3.76. The average Bonchev–Trinajstić information content (AvgIpc) is 3.01. The molecule has 2 aromatic rings. The maximum atomic E-state index is 12.8. The van der Waals surface area contributed by atoms with Gasteiger partial charge in [-0.2, -0.15) is 0 Å². The van der Waals surface area contributed by atoms with E-state index in [9.17, 15) is 9.90 Å². The van der Waals surface area contributed by atoms with E-state index in [1.54, 1.807) is 11.1 Å². The number of carbonyl (C=O) groups is 1. The average molecular weight is 353 g/mol. The summed E-state index contributed by atoms with van der Waals surface area (Å²) in [4.78, 5) is 21.0. The van der Waals surface area contributed by atoms with Crippen LogP contribution in [0, 0.1) is 5.92 Å². The molecule has 6 heteroatoms. The SMILES string of the molecule is O=C(CN1C[C@@H](Cc2ccccn2)[C@H](O)C1)N1CCOc2ccccc21. The van der Waals surface area contributed by atoms with Gasteiger partial charge in [0.05, 0.1) is 24.9 Å². The fourth-order valence-electron chi connectivity index (χ4n) is 3.76. The van der Waals surface area contributed by atoms with E-state index in [1.807, 2.05) is 47.4 Å². The van der Waals surface area contributed by atoms with E-state index in [0.29, 0.717) is 32.8 Å². The number of anilines is 1. The highest BCUT2D eigenvalue weighted by molar-refractivity contribution is 5.96. The molecule has 26 heavy (non-hydrogen) atoms. The number of nitrogens with zero attached hydrogens (tertiary/aromatic N) is 3. The number of aliphatic hydroxyl groups is 1. The first kappa shape index (κ1) is 17.0. The van der Waals surface area contributed by atoms with Crippen molar-refractivity contribution in [3.05, 3.63) is 54.4 Å². The van der Waals surface area contributed by atoms with Gasteiger partial charge in [-0.3, -0.25) is 14.7 Å². The molecule has 1 aromatic heterocycles. The Hall–Kier alpha value is -2.44. The number of likely N-dealkylation sites (tertiary alicyclic amines) is 1. The van der Waals surface area contributed by atoms with E-state index in [-0.39, 0.29) is 11.8 Å². The zero-order chi connectivity index (χ0) is 17.9. The molecule has 1 amide bonds. The van der Waals surface area contributed by atoms with Crippen LogP contribution < -0.4 is 9.64 Å². The summed E-state index contributed by atoms with van der Waals surface area (Å²) >= 11 is 0. The number of benzene rings is 1. The van der Waals surface area contributed by atoms with E-state index < -0.39 is 6.10 Å². The molecule has 0 spiro atoms. The number of carbonyl (C=O) groups excluding carboxylic acids is 1. The molecule has 1 aromatic carbocycles. The highest BCUT2D eigenvalue weighted by atomic mass is 16.5. The van der Waals surface area contributed by atoms with Crippen LogP contribution in [0.15, 0.2) is 48.7 Å². The van der Waals surface area contributed by atoms with Crippen LogP contribution in [-0.2, 0) is 11.2 Å². The van der Waals surface area contributed by atoms with Crippen LogP contribution >= 0.6 is 0 Å². The summed E-state index contributed by atoms with van der Waals surface area (Å²) in [5.74, 6) is 0.905. The third-order valence-corrected chi connectivity index (χ3v) is 5.07. The number of amides is 1. The minimum Gasteiger partial charge on any atom is -0.490 e. The van der Waals surface area contributed by atoms with Gasteiger partial charge >= 0.3 is 0 Å². The zero-order valence-electron chi connectivity index (χ0n) is 14.6. The number of aliphatic hydroxyl groups excluding tert-OH is 1. The predicted octanol–water partition coefficient (Wildman–Crippen LogP) is 1.34. The molecule has 1 saturated heterocycles. The second kappa shape index (κ2) is 7.43. The first-order valence-corrected chi connectivity index (χ1v) is 9.03. The number of para-hydroxylation sites is 2. The Morgan fingerprint density at radius 1 is 1.19 bits per heavy atom. The quantitative estimate of drug-likeness (QED) is 0.899. The Labute approximate surface area is 153 Å². The lowest BCUT2D eigenvalue weighted by atomic mass is 10.00. The number of β-amino-alcohol motifs (C(OH)–C–C–N with tert-alkyl or cyclic N) is 1. The first-order chi connectivity index (χ1) is 12.7. The third kappa shape index (κ3) is 3.57. The minimum atomic E-state index is -0.429. The van der Waals surface area contributed by atoms with Crippen LogP contribution in [0.2, 0.25) is 0 Å². The van der Waals surface area contributed by atoms with Gasteiger partial charge in [0.1, 0.15) is 12.4 Å². The van der Waals surface area contributed by atoms with E-state index in [4.69, 9.17) is 4.74 Å². The fraction of sp³-hybridized carbons (Fsp3) is 0.400. The monoisotopic (exact) mass is 353 g/mol. The summed E-state index contributed by atoms with van der Waals surface area (Å²) in [6.07, 6.45) is 2.07. The lowest BCUT2D eigenvalue weighted by Crippen LogP contribution is -2.43. The number of ether oxygens (including phenoxy) is 1. The van der Waals surface area contributed by atoms with Gasteiger partial charge in [-0.05, 0) is 30.7 Å². The highest BCUT2D eigenvalue weighted by Crippen LogP contribution is 2.31. The molecule has 1 N–H and O–H groups in total. The summed E-state index contributed by atoms with van der Waals surface area (Å²) in [7, 11) is 0. The number of hydrogen-bond donors (Lipinski definition) is 1. The summed E-state index contributed by atoms with van der Waals surface area (Å²) in [5.41, 5.74) is 1.81. The van der Waals surface area contributed by atoms with Gasteiger partial charge in [-0.1, -0.05) is 18.2 Å². The highest BCUT2D eigenvalue weighted by Gasteiger charge is 2.34. The Bertz CT molecular complexity index is 768. The van der Waals surface area contributed by atoms with Crippen LogP contribution in [0.4, 0.5) is 5.69 Å². The largest absolute Gasteiger partial charge is 0.490 e. The van der Waals surface area contributed by atoms with Crippen molar-refractivity contribution in [3.8, 4) is 5.75 Å². The standard InChI is InChI=1S/C20H23N3O3/c24-18-13-22(12-15(18)11-16-5-3-4-8-21-16)14-20(25)23-9-10-26-19-7-2-1-6-17(19)23/h1-8,15,18,24H,9-14H2/t15-,18-/m1/s1. The molecule has 0 unspecified atom stereocenters. The molecule has 0 aliphatic carbocycles. The van der Waals surface area contributed by atoms with Crippen molar-refractivity contribution < 1.29 is 14.6 Å². The lowest BCUT2D eigenvalue weighted by molar-refractivity contribution is -0.119. The second-order valence-electron chi connectivity index (χ2n) is 6.91. The van der Waals surface area contributed by atoms with Gasteiger partial charge in [0.25, 0.3) is 0 Å². The van der Waals surface area contributed by atoms with Crippen molar-refractivity contribution in [1.82, 2.24) is 9.88 Å². The van der Waals surface area contributed by atoms with Crippen molar-refractivity contribution in [2.24, 2.45) is 5.92 Å². The van der Waals surface area contributed by atoms with Crippen LogP contribution in [0.5, 0.6) is 5.75 Å². The molecule has 1 fully saturated rings. The van der Waals surface area contributed by atoms with Gasteiger partial charge in [0.15, 0.2) is 0 Å². The third-order valence-electron chi connectivity index (χ3n) is 5.07. The summed E-state index contributed by atoms with van der Waals surface area (Å²) in [5, 5.41) is 10.4. The first-order valence-electron chi connectivity index (χ1n) is 9.03. The zero-order valence-corrected chi connectivity index (χ0v) is 14.6. The van der Waals surface area contributed by atoms with Gasteiger partial charge in [-0.15, -0.1) is 0 Å². The molecule has 0 saturated carbocycles. The molecule has 0 bridgehead atoms. The minimum absolute atomic E-state index is 0.0476. The van der Waals surface area contributed by atoms with Crippen LogP contribution in [0.1, 0.15) is 5.69 Å². The van der Waals surface area contributed by atoms with E-state index in [2.05, 4.69) is 4.98 Å². The topological polar surface area (TPSA) is 65.9 Å². The number of hydrogen-bond acceptors (Lipinski definition) is 5. The van der Waals surface area contributed by atoms with Crippen LogP contribution in [0.25, 0.3) is 0 Å². The summed E-state index contributed by atoms with van der Waals surface area (Å²) in [6.45, 7) is 2.60. The maximum Gasteiger partial charge on any atom is 0.241 e. The summed E-state index contributed by atoms with van der Waals surface area (Å²) in [6, 6.07) is 13.4. The Morgan fingerprint density at radius 2 is 2.04 bits per heavy atom. The van der Waals surface area contributed by atoms with Crippen molar-refractivity contribution in [3.63, 3.8) is 0 Å². The smallest absolute Gasteiger partial charge is 0.241 e. The molecule has 2 aliphatic heterocycles. The van der Waals surface area contributed by atoms with Crippen molar-refractivity contribution >= 4 is 11.6 Å². The molecule has 0 radical (unpaired) electrons. The normalized spacial score (nSPS) is 22.7. The molecule has 4 rings (SSSR count). The molecule has 6 nitrogen and oxygen atoms in total. The number of fused-ring (bicyclic) bond motifs is 1. The number of aromatic nitrogens is 1. The van der Waals surface area contributed by atoms with Crippen LogP contribution in [0.3, 0.4) is 0 Å². The molecule has 2 atom stereocenters. The molecular formula is C20H23N3O3. The molecule has 3 heterocycles. The van der Waals surface area contributed by atoms with Crippen LogP contribution in [-0.4, -0.2) is 59.8 Å². The number of pyridine rings is 1. The van der Waals surface area contributed by atoms with Gasteiger partial charge in [0.2, 0.25) is 5.91 Å². The Balaban J connectivity index is 1.38. The van der Waals surface area contributed by atoms with Crippen molar-refractivity contribution in [2.45, 2.75) is 12.5 Å². The van der Waals surface area contributed by atoms with Gasteiger partial charge in [-0.25, -0.2) is 0 Å². The second-order valence-corrected chi connectivity index (χ2v) is 6.91. The summed E-state index contributed by atoms with van der Waals surface area (Å²) < 4.78 is 5.62. The van der Waals surface area contributed by atoms with E-state index >= 15 is 0 Å². The van der Waals surface area contributed by atoms with Gasteiger partial charge in [0, 0.05) is 30.9 Å². The lowest BCUT2D eigenvalue weighted by Gasteiger charge is -2.30. The predicted molar refractivity (Wildman–Crippen MR) is 98.2 cm³/mol. The number of rotatable bonds is 4.